The van der Waals surface area contributed by atoms with E-state index >= 15 is 0 Å². The van der Waals surface area contributed by atoms with Gasteiger partial charge in [-0.05, 0) is 30.9 Å². The van der Waals surface area contributed by atoms with Crippen molar-refractivity contribution in [2.24, 2.45) is 5.92 Å². The van der Waals surface area contributed by atoms with E-state index < -0.39 is 0 Å². The lowest BCUT2D eigenvalue weighted by Crippen LogP contribution is -2.39. The molecular weight excluding hydrogens is 308 g/mol. The van der Waals surface area contributed by atoms with E-state index in [9.17, 15) is 4.79 Å². The lowest BCUT2D eigenvalue weighted by atomic mass is 9.98. The van der Waals surface area contributed by atoms with E-state index in [0.29, 0.717) is 5.92 Å². The number of hydrogen-bond donors (Lipinski definition) is 0. The van der Waals surface area contributed by atoms with Crippen molar-refractivity contribution in [2.75, 3.05) is 13.1 Å². The first-order valence-electron chi connectivity index (χ1n) is 8.97. The quantitative estimate of drug-likeness (QED) is 0.678. The van der Waals surface area contributed by atoms with Crippen LogP contribution in [0.25, 0.3) is 22.2 Å². The van der Waals surface area contributed by atoms with Gasteiger partial charge >= 0.3 is 0 Å². The van der Waals surface area contributed by atoms with Crippen molar-refractivity contribution < 1.29 is 4.79 Å². The molecule has 4 rings (SSSR count). The van der Waals surface area contributed by atoms with Crippen LogP contribution in [-0.2, 0) is 0 Å². The molecule has 1 fully saturated rings. The van der Waals surface area contributed by atoms with Crippen LogP contribution in [0.5, 0.6) is 0 Å². The number of pyridine rings is 1. The highest BCUT2D eigenvalue weighted by atomic mass is 16.2. The highest BCUT2D eigenvalue weighted by Gasteiger charge is 2.24. The number of aromatic nitrogens is 1. The average Bonchev–Trinajstić information content (AvgIpc) is 2.67. The smallest absolute Gasteiger partial charge is 0.254 e. The topological polar surface area (TPSA) is 33.2 Å². The fourth-order valence-electron chi connectivity index (χ4n) is 3.65. The third-order valence-corrected chi connectivity index (χ3v) is 4.96. The van der Waals surface area contributed by atoms with E-state index in [0.717, 1.165) is 47.2 Å². The van der Waals surface area contributed by atoms with Gasteiger partial charge in [-0.15, -0.1) is 0 Å². The molecule has 3 nitrogen and oxygen atoms in total. The van der Waals surface area contributed by atoms with E-state index in [1.165, 1.54) is 6.42 Å². The van der Waals surface area contributed by atoms with Gasteiger partial charge in [0, 0.05) is 24.0 Å². The molecule has 0 bridgehead atoms. The first kappa shape index (κ1) is 15.8. The zero-order valence-corrected chi connectivity index (χ0v) is 14.5. The molecule has 2 heterocycles. The number of likely N-dealkylation sites (tertiary alicyclic amines) is 1. The van der Waals surface area contributed by atoms with Crippen molar-refractivity contribution in [3.63, 3.8) is 0 Å². The largest absolute Gasteiger partial charge is 0.338 e. The van der Waals surface area contributed by atoms with Crippen LogP contribution in [0, 0.1) is 5.92 Å². The van der Waals surface area contributed by atoms with E-state index in [-0.39, 0.29) is 5.91 Å². The van der Waals surface area contributed by atoms with Crippen LogP contribution in [0.1, 0.15) is 30.1 Å². The molecule has 2 aromatic carbocycles. The standard InChI is InChI=1S/C22H22N2O/c1-16-8-7-13-24(15-16)22(25)19-14-21(17-9-3-2-4-10-17)23-20-12-6-5-11-18(19)20/h2-6,9-12,14,16H,7-8,13,15H2,1H3/t16-/m0/s1. The molecule has 1 atom stereocenters. The van der Waals surface area contributed by atoms with E-state index in [4.69, 9.17) is 4.98 Å². The van der Waals surface area contributed by atoms with Gasteiger partial charge in [0.2, 0.25) is 0 Å². The van der Waals surface area contributed by atoms with E-state index in [1.54, 1.807) is 0 Å². The Morgan fingerprint density at radius 2 is 1.84 bits per heavy atom. The molecule has 0 aliphatic carbocycles. The molecule has 126 valence electrons. The second-order valence-corrected chi connectivity index (χ2v) is 6.94. The Balaban J connectivity index is 1.82. The highest BCUT2D eigenvalue weighted by molar-refractivity contribution is 6.07. The van der Waals surface area contributed by atoms with Gasteiger partial charge in [-0.3, -0.25) is 4.79 Å². The summed E-state index contributed by atoms with van der Waals surface area (Å²) in [7, 11) is 0. The van der Waals surface area contributed by atoms with Crippen LogP contribution in [0.15, 0.2) is 60.7 Å². The van der Waals surface area contributed by atoms with Gasteiger partial charge in [0.25, 0.3) is 5.91 Å². The maximum atomic E-state index is 13.2. The number of carbonyl (C=O) groups is 1. The summed E-state index contributed by atoms with van der Waals surface area (Å²) in [6.45, 7) is 3.91. The summed E-state index contributed by atoms with van der Waals surface area (Å²) in [5.74, 6) is 0.696. The van der Waals surface area contributed by atoms with Gasteiger partial charge in [-0.25, -0.2) is 4.98 Å². The van der Waals surface area contributed by atoms with Crippen molar-refractivity contribution in [1.82, 2.24) is 9.88 Å². The first-order valence-corrected chi connectivity index (χ1v) is 8.97. The molecule has 1 aromatic heterocycles. The number of carbonyl (C=O) groups excluding carboxylic acids is 1. The van der Waals surface area contributed by atoms with Gasteiger partial charge < -0.3 is 4.90 Å². The predicted octanol–water partition coefficient (Wildman–Crippen LogP) is 4.77. The minimum absolute atomic E-state index is 0.127. The number of rotatable bonds is 2. The fraction of sp³-hybridized carbons (Fsp3) is 0.273. The summed E-state index contributed by atoms with van der Waals surface area (Å²) >= 11 is 0. The van der Waals surface area contributed by atoms with Crippen LogP contribution >= 0.6 is 0 Å². The van der Waals surface area contributed by atoms with Crippen molar-refractivity contribution in [1.29, 1.82) is 0 Å². The Labute approximate surface area is 148 Å². The number of nitrogens with zero attached hydrogens (tertiary/aromatic N) is 2. The Morgan fingerprint density at radius 1 is 1.08 bits per heavy atom. The van der Waals surface area contributed by atoms with Gasteiger partial charge in [-0.1, -0.05) is 55.5 Å². The van der Waals surface area contributed by atoms with Crippen molar-refractivity contribution in [3.05, 3.63) is 66.2 Å². The molecule has 0 radical (unpaired) electrons. The number of amides is 1. The lowest BCUT2D eigenvalue weighted by Gasteiger charge is -2.31. The maximum absolute atomic E-state index is 13.2. The molecule has 1 aliphatic heterocycles. The van der Waals surface area contributed by atoms with Crippen LogP contribution in [0.3, 0.4) is 0 Å². The molecule has 3 aromatic rings. The van der Waals surface area contributed by atoms with Crippen LogP contribution in [0.2, 0.25) is 0 Å². The second kappa shape index (κ2) is 6.67. The highest BCUT2D eigenvalue weighted by Crippen LogP contribution is 2.27. The number of fused-ring (bicyclic) bond motifs is 1. The Kier molecular flexibility index (Phi) is 4.22. The van der Waals surface area contributed by atoms with Crippen molar-refractivity contribution in [3.8, 4) is 11.3 Å². The number of hydrogen-bond acceptors (Lipinski definition) is 2. The van der Waals surface area contributed by atoms with Gasteiger partial charge in [0.1, 0.15) is 0 Å². The maximum Gasteiger partial charge on any atom is 0.254 e. The SMILES string of the molecule is C[C@H]1CCCN(C(=O)c2cc(-c3ccccc3)nc3ccccc23)C1. The third-order valence-electron chi connectivity index (χ3n) is 4.96. The molecule has 0 spiro atoms. The number of piperidine rings is 1. The van der Waals surface area contributed by atoms with Gasteiger partial charge in [0.15, 0.2) is 0 Å². The molecule has 1 aliphatic rings. The summed E-state index contributed by atoms with van der Waals surface area (Å²) < 4.78 is 0. The third kappa shape index (κ3) is 3.14. The van der Waals surface area contributed by atoms with Crippen molar-refractivity contribution >= 4 is 16.8 Å². The molecule has 0 unspecified atom stereocenters. The Hall–Kier alpha value is -2.68. The van der Waals surface area contributed by atoms with E-state index in [1.807, 2.05) is 65.6 Å². The normalized spacial score (nSPS) is 17.6. The van der Waals surface area contributed by atoms with Crippen molar-refractivity contribution in [2.45, 2.75) is 19.8 Å². The first-order chi connectivity index (χ1) is 12.2. The fourth-order valence-corrected chi connectivity index (χ4v) is 3.65. The van der Waals surface area contributed by atoms with Crippen LogP contribution < -0.4 is 0 Å². The molecule has 1 saturated heterocycles. The van der Waals surface area contributed by atoms with Gasteiger partial charge in [-0.2, -0.15) is 0 Å². The van der Waals surface area contributed by atoms with Crippen LogP contribution in [-0.4, -0.2) is 28.9 Å². The summed E-state index contributed by atoms with van der Waals surface area (Å²) in [5, 5.41) is 0.936. The lowest BCUT2D eigenvalue weighted by molar-refractivity contribution is 0.0685. The molecule has 0 saturated carbocycles. The minimum Gasteiger partial charge on any atom is -0.338 e. The number of benzene rings is 2. The summed E-state index contributed by atoms with van der Waals surface area (Å²) in [5.41, 5.74) is 3.53. The predicted molar refractivity (Wildman–Crippen MR) is 101 cm³/mol. The summed E-state index contributed by atoms with van der Waals surface area (Å²) in [6.07, 6.45) is 2.29. The molecular formula is C22H22N2O. The number of para-hydroxylation sites is 1. The van der Waals surface area contributed by atoms with E-state index in [2.05, 4.69) is 6.92 Å². The summed E-state index contributed by atoms with van der Waals surface area (Å²) in [4.78, 5) is 20.0. The molecule has 25 heavy (non-hydrogen) atoms. The van der Waals surface area contributed by atoms with Gasteiger partial charge in [0.05, 0.1) is 16.8 Å². The summed E-state index contributed by atoms with van der Waals surface area (Å²) in [6, 6.07) is 20.0. The molecule has 1 amide bonds. The second-order valence-electron chi connectivity index (χ2n) is 6.94. The monoisotopic (exact) mass is 330 g/mol. The zero-order chi connectivity index (χ0) is 17.2. The Morgan fingerprint density at radius 3 is 2.64 bits per heavy atom. The average molecular weight is 330 g/mol. The Bertz CT molecular complexity index is 904. The molecule has 3 heteroatoms. The zero-order valence-electron chi connectivity index (χ0n) is 14.5. The van der Waals surface area contributed by atoms with Crippen LogP contribution in [0.4, 0.5) is 0 Å². The molecule has 0 N–H and O–H groups in total. The minimum atomic E-state index is 0.127.